The molecule has 1 fully saturated rings. The molecule has 0 spiro atoms. The molecule has 0 aromatic rings. The van der Waals surface area contributed by atoms with Gasteiger partial charge < -0.3 is 4.74 Å². The lowest BCUT2D eigenvalue weighted by Crippen LogP contribution is -2.18. The lowest BCUT2D eigenvalue weighted by molar-refractivity contribution is 0.343. The fourth-order valence-corrected chi connectivity index (χ4v) is 1.65. The number of allylic oxidation sites excluding steroid dienone is 2. The van der Waals surface area contributed by atoms with E-state index in [2.05, 4.69) is 0 Å². The standard InChI is InChI=1S/C8H9ClO/c1-6-4-3-5-7(2)8(6,9)10-7/h3-5H,1-2H3. The second-order valence-corrected chi connectivity index (χ2v) is 3.55. The molecule has 0 saturated carbocycles. The molecule has 2 heteroatoms. The van der Waals surface area contributed by atoms with Crippen LogP contribution in [0.15, 0.2) is 23.8 Å². The first-order chi connectivity index (χ1) is 4.58. The molecule has 1 aliphatic carbocycles. The highest BCUT2D eigenvalue weighted by atomic mass is 35.5. The number of epoxide rings is 1. The molecule has 0 amide bonds. The summed E-state index contributed by atoms with van der Waals surface area (Å²) in [5.74, 6) is 0. The van der Waals surface area contributed by atoms with Crippen molar-refractivity contribution in [3.63, 3.8) is 0 Å². The monoisotopic (exact) mass is 156 g/mol. The van der Waals surface area contributed by atoms with E-state index in [-0.39, 0.29) is 5.60 Å². The summed E-state index contributed by atoms with van der Waals surface area (Å²) in [5, 5.41) is -0.512. The van der Waals surface area contributed by atoms with Gasteiger partial charge in [0.05, 0.1) is 0 Å². The smallest absolute Gasteiger partial charge is 0.196 e. The zero-order valence-electron chi connectivity index (χ0n) is 6.02. The third kappa shape index (κ3) is 0.529. The summed E-state index contributed by atoms with van der Waals surface area (Å²) >= 11 is 6.10. The number of halogens is 1. The number of hydrogen-bond acceptors (Lipinski definition) is 1. The van der Waals surface area contributed by atoms with E-state index >= 15 is 0 Å². The Morgan fingerprint density at radius 2 is 2.30 bits per heavy atom. The zero-order valence-corrected chi connectivity index (χ0v) is 6.77. The second kappa shape index (κ2) is 1.49. The normalized spacial score (nSPS) is 50.1. The first-order valence-electron chi connectivity index (χ1n) is 3.34. The van der Waals surface area contributed by atoms with E-state index in [1.54, 1.807) is 0 Å². The average Bonchev–Trinajstić information content (AvgIpc) is 2.38. The summed E-state index contributed by atoms with van der Waals surface area (Å²) in [6, 6.07) is 0. The largest absolute Gasteiger partial charge is 0.337 e. The van der Waals surface area contributed by atoms with Gasteiger partial charge in [-0.2, -0.15) is 0 Å². The first-order valence-corrected chi connectivity index (χ1v) is 3.72. The van der Waals surface area contributed by atoms with Gasteiger partial charge in [-0.15, -0.1) is 0 Å². The van der Waals surface area contributed by atoms with Gasteiger partial charge in [-0.25, -0.2) is 0 Å². The molecule has 0 aromatic heterocycles. The molecule has 1 heterocycles. The molecule has 0 bridgehead atoms. The molecule has 2 rings (SSSR count). The lowest BCUT2D eigenvalue weighted by Gasteiger charge is -2.10. The van der Waals surface area contributed by atoms with Gasteiger partial charge in [-0.05, 0) is 25.5 Å². The van der Waals surface area contributed by atoms with E-state index in [4.69, 9.17) is 16.3 Å². The molecule has 2 unspecified atom stereocenters. The van der Waals surface area contributed by atoms with Crippen molar-refractivity contribution in [1.29, 1.82) is 0 Å². The maximum atomic E-state index is 6.10. The van der Waals surface area contributed by atoms with Crippen LogP contribution in [0.2, 0.25) is 0 Å². The van der Waals surface area contributed by atoms with Gasteiger partial charge in [-0.3, -0.25) is 0 Å². The van der Waals surface area contributed by atoms with Gasteiger partial charge in [0.25, 0.3) is 0 Å². The highest BCUT2D eigenvalue weighted by Crippen LogP contribution is 2.58. The van der Waals surface area contributed by atoms with Gasteiger partial charge in [-0.1, -0.05) is 23.8 Å². The molecular formula is C8H9ClO. The number of ether oxygens (including phenoxy) is 1. The molecular weight excluding hydrogens is 148 g/mol. The van der Waals surface area contributed by atoms with Crippen molar-refractivity contribution in [1.82, 2.24) is 0 Å². The van der Waals surface area contributed by atoms with Crippen LogP contribution in [0, 0.1) is 0 Å². The molecule has 2 aliphatic rings. The molecule has 2 atom stereocenters. The Balaban J connectivity index is 2.44. The summed E-state index contributed by atoms with van der Waals surface area (Å²) in [6.07, 6.45) is 5.97. The van der Waals surface area contributed by atoms with Gasteiger partial charge in [0.1, 0.15) is 5.60 Å². The fraction of sp³-hybridized carbons (Fsp3) is 0.500. The quantitative estimate of drug-likeness (QED) is 0.387. The second-order valence-electron chi connectivity index (χ2n) is 3.01. The molecule has 0 N–H and O–H groups in total. The molecule has 54 valence electrons. The Morgan fingerprint density at radius 3 is 2.80 bits per heavy atom. The third-order valence-electron chi connectivity index (χ3n) is 2.22. The van der Waals surface area contributed by atoms with Crippen molar-refractivity contribution in [2.75, 3.05) is 0 Å². The van der Waals surface area contributed by atoms with Crippen LogP contribution in [0.25, 0.3) is 0 Å². The summed E-state index contributed by atoms with van der Waals surface area (Å²) < 4.78 is 5.38. The SMILES string of the molecule is CC1=CC=CC2(C)OC12Cl. The maximum Gasteiger partial charge on any atom is 0.196 e. The van der Waals surface area contributed by atoms with Crippen molar-refractivity contribution >= 4 is 11.6 Å². The summed E-state index contributed by atoms with van der Waals surface area (Å²) in [6.45, 7) is 3.98. The number of alkyl halides is 1. The number of rotatable bonds is 0. The van der Waals surface area contributed by atoms with Crippen LogP contribution in [0.4, 0.5) is 0 Å². The molecule has 1 saturated heterocycles. The van der Waals surface area contributed by atoms with Crippen molar-refractivity contribution < 1.29 is 4.74 Å². The summed E-state index contributed by atoms with van der Waals surface area (Å²) in [7, 11) is 0. The highest BCUT2D eigenvalue weighted by molar-refractivity contribution is 6.28. The Kier molecular flexibility index (Phi) is 0.958. The molecule has 1 aliphatic heterocycles. The minimum Gasteiger partial charge on any atom is -0.337 e. The van der Waals surface area contributed by atoms with Crippen molar-refractivity contribution in [2.45, 2.75) is 24.5 Å². The van der Waals surface area contributed by atoms with Gasteiger partial charge in [0.2, 0.25) is 0 Å². The van der Waals surface area contributed by atoms with Crippen LogP contribution in [0.1, 0.15) is 13.8 Å². The third-order valence-corrected chi connectivity index (χ3v) is 2.97. The Hall–Kier alpha value is -0.270. The van der Waals surface area contributed by atoms with Crippen molar-refractivity contribution in [2.24, 2.45) is 0 Å². The fourth-order valence-electron chi connectivity index (χ4n) is 1.36. The van der Waals surface area contributed by atoms with E-state index in [0.29, 0.717) is 0 Å². The number of fused-ring (bicyclic) bond motifs is 1. The van der Waals surface area contributed by atoms with Crippen LogP contribution < -0.4 is 0 Å². The molecule has 10 heavy (non-hydrogen) atoms. The van der Waals surface area contributed by atoms with E-state index in [1.165, 1.54) is 0 Å². The average molecular weight is 157 g/mol. The van der Waals surface area contributed by atoms with Crippen LogP contribution in [0.3, 0.4) is 0 Å². The zero-order chi connectivity index (χ0) is 7.41. The predicted octanol–water partition coefficient (Wildman–Crippen LogP) is 2.23. The Bertz CT molecular complexity index is 244. The van der Waals surface area contributed by atoms with Crippen LogP contribution in [-0.2, 0) is 4.74 Å². The van der Waals surface area contributed by atoms with Crippen molar-refractivity contribution in [3.8, 4) is 0 Å². The maximum absolute atomic E-state index is 6.10. The summed E-state index contributed by atoms with van der Waals surface area (Å²) in [4.78, 5) is 0. The topological polar surface area (TPSA) is 12.5 Å². The number of hydrogen-bond donors (Lipinski definition) is 0. The molecule has 1 nitrogen and oxygen atoms in total. The Labute approximate surface area is 65.3 Å². The Morgan fingerprint density at radius 1 is 1.60 bits per heavy atom. The van der Waals surface area contributed by atoms with E-state index < -0.39 is 5.06 Å². The minimum absolute atomic E-state index is 0.229. The van der Waals surface area contributed by atoms with Crippen LogP contribution in [-0.4, -0.2) is 10.7 Å². The van der Waals surface area contributed by atoms with Gasteiger partial charge in [0.15, 0.2) is 5.06 Å². The van der Waals surface area contributed by atoms with Gasteiger partial charge in [0, 0.05) is 0 Å². The highest BCUT2D eigenvalue weighted by Gasteiger charge is 2.66. The van der Waals surface area contributed by atoms with E-state index in [0.717, 1.165) is 5.57 Å². The summed E-state index contributed by atoms with van der Waals surface area (Å²) in [5.41, 5.74) is 0.868. The van der Waals surface area contributed by atoms with Crippen LogP contribution in [0.5, 0.6) is 0 Å². The van der Waals surface area contributed by atoms with Crippen LogP contribution >= 0.6 is 11.6 Å². The predicted molar refractivity (Wildman–Crippen MR) is 41.0 cm³/mol. The minimum atomic E-state index is -0.512. The first kappa shape index (κ1) is 6.44. The van der Waals surface area contributed by atoms with Gasteiger partial charge >= 0.3 is 0 Å². The lowest BCUT2D eigenvalue weighted by atomic mass is 9.97. The van der Waals surface area contributed by atoms with E-state index in [9.17, 15) is 0 Å². The van der Waals surface area contributed by atoms with E-state index in [1.807, 2.05) is 32.1 Å². The van der Waals surface area contributed by atoms with Crippen molar-refractivity contribution in [3.05, 3.63) is 23.8 Å². The molecule has 0 aromatic carbocycles. The molecule has 0 radical (unpaired) electrons.